The van der Waals surface area contributed by atoms with Gasteiger partial charge >= 0.3 is 0 Å². The summed E-state index contributed by atoms with van der Waals surface area (Å²) in [6, 6.07) is 18.3. The van der Waals surface area contributed by atoms with E-state index in [2.05, 4.69) is 15.9 Å². The largest absolute Gasteiger partial charge is 0.387 e. The summed E-state index contributed by atoms with van der Waals surface area (Å²) in [6.45, 7) is 3.39. The first kappa shape index (κ1) is 17.6. The minimum Gasteiger partial charge on any atom is -0.387 e. The van der Waals surface area contributed by atoms with E-state index in [1.54, 1.807) is 18.2 Å². The highest BCUT2D eigenvalue weighted by Crippen LogP contribution is 2.23. The fraction of sp³-hybridized carbons (Fsp3) is 0.350. The molecule has 0 bridgehead atoms. The molecular weight excluding hydrogens is 317 g/mol. The van der Waals surface area contributed by atoms with Gasteiger partial charge in [0.05, 0.1) is 12.2 Å². The predicted octanol–water partition coefficient (Wildman–Crippen LogP) is 2.74. The lowest BCUT2D eigenvalue weighted by atomic mass is 10.1. The molecule has 0 radical (unpaired) electrons. The number of halogens is 1. The van der Waals surface area contributed by atoms with E-state index in [-0.39, 0.29) is 11.9 Å². The van der Waals surface area contributed by atoms with Crippen LogP contribution in [0.3, 0.4) is 0 Å². The van der Waals surface area contributed by atoms with E-state index in [1.165, 1.54) is 6.07 Å². The lowest BCUT2D eigenvalue weighted by Gasteiger charge is -2.37. The summed E-state index contributed by atoms with van der Waals surface area (Å²) in [4.78, 5) is 4.27. The molecule has 0 aromatic heterocycles. The van der Waals surface area contributed by atoms with E-state index in [0.717, 1.165) is 31.7 Å². The number of aliphatic hydroxyl groups is 1. The molecule has 1 aliphatic rings. The van der Waals surface area contributed by atoms with Crippen molar-refractivity contribution in [2.45, 2.75) is 12.1 Å². The third-order valence-corrected chi connectivity index (χ3v) is 4.70. The zero-order valence-corrected chi connectivity index (χ0v) is 14.1. The van der Waals surface area contributed by atoms with Crippen molar-refractivity contribution in [1.29, 1.82) is 5.26 Å². The maximum atomic E-state index is 13.8. The number of hydrogen-bond donors (Lipinski definition) is 1. The molecule has 0 aliphatic carbocycles. The standard InChI is InChI=1S/C20H22FN3O/c21-18-9-5-4-8-17(18)20(25)15-23-10-12-24(13-11-23)19(14-22)16-6-2-1-3-7-16/h1-9,19-20,25H,10-13,15H2. The molecule has 0 spiro atoms. The van der Waals surface area contributed by atoms with Crippen LogP contribution in [0, 0.1) is 17.1 Å². The lowest BCUT2D eigenvalue weighted by molar-refractivity contribution is 0.0630. The van der Waals surface area contributed by atoms with Crippen molar-refractivity contribution in [3.8, 4) is 6.07 Å². The molecule has 1 aliphatic heterocycles. The van der Waals surface area contributed by atoms with Gasteiger partial charge < -0.3 is 5.11 Å². The highest BCUT2D eigenvalue weighted by atomic mass is 19.1. The van der Waals surface area contributed by atoms with Gasteiger partial charge in [0.2, 0.25) is 0 Å². The Labute approximate surface area is 147 Å². The van der Waals surface area contributed by atoms with Crippen LogP contribution < -0.4 is 0 Å². The second-order valence-electron chi connectivity index (χ2n) is 6.32. The molecule has 2 atom stereocenters. The monoisotopic (exact) mass is 339 g/mol. The van der Waals surface area contributed by atoms with Gasteiger partial charge in [-0.2, -0.15) is 5.26 Å². The second-order valence-corrected chi connectivity index (χ2v) is 6.32. The normalized spacial score (nSPS) is 18.4. The molecule has 3 rings (SSSR count). The molecule has 1 N–H and O–H groups in total. The van der Waals surface area contributed by atoms with E-state index in [1.807, 2.05) is 30.3 Å². The summed E-state index contributed by atoms with van der Waals surface area (Å²) < 4.78 is 13.8. The summed E-state index contributed by atoms with van der Waals surface area (Å²) in [7, 11) is 0. The molecule has 0 saturated carbocycles. The first-order valence-corrected chi connectivity index (χ1v) is 8.52. The number of nitriles is 1. The van der Waals surface area contributed by atoms with Crippen molar-refractivity contribution in [3.63, 3.8) is 0 Å². The van der Waals surface area contributed by atoms with Crippen LogP contribution in [0.25, 0.3) is 0 Å². The third-order valence-electron chi connectivity index (χ3n) is 4.70. The van der Waals surface area contributed by atoms with Gasteiger partial charge in [-0.25, -0.2) is 4.39 Å². The summed E-state index contributed by atoms with van der Waals surface area (Å²) >= 11 is 0. The summed E-state index contributed by atoms with van der Waals surface area (Å²) in [6.07, 6.45) is -0.839. The fourth-order valence-electron chi connectivity index (χ4n) is 3.29. The van der Waals surface area contributed by atoms with Gasteiger partial charge in [-0.3, -0.25) is 9.80 Å². The molecule has 1 saturated heterocycles. The molecule has 2 aromatic carbocycles. The Morgan fingerprint density at radius 2 is 1.64 bits per heavy atom. The molecule has 4 nitrogen and oxygen atoms in total. The van der Waals surface area contributed by atoms with Gasteiger partial charge in [0, 0.05) is 38.3 Å². The Morgan fingerprint density at radius 1 is 1.00 bits per heavy atom. The first-order chi connectivity index (χ1) is 12.2. The second kappa shape index (κ2) is 8.21. The Kier molecular flexibility index (Phi) is 5.77. The maximum absolute atomic E-state index is 13.8. The van der Waals surface area contributed by atoms with Crippen LogP contribution in [0.15, 0.2) is 54.6 Å². The summed E-state index contributed by atoms with van der Waals surface area (Å²) in [5, 5.41) is 19.8. The lowest BCUT2D eigenvalue weighted by Crippen LogP contribution is -2.48. The smallest absolute Gasteiger partial charge is 0.129 e. The Balaban J connectivity index is 1.57. The highest BCUT2D eigenvalue weighted by molar-refractivity contribution is 5.24. The number of nitrogens with zero attached hydrogens (tertiary/aromatic N) is 3. The van der Waals surface area contributed by atoms with Crippen LogP contribution in [0.1, 0.15) is 23.3 Å². The van der Waals surface area contributed by atoms with Gasteiger partial charge in [-0.05, 0) is 11.6 Å². The highest BCUT2D eigenvalue weighted by Gasteiger charge is 2.26. The predicted molar refractivity (Wildman–Crippen MR) is 94.2 cm³/mol. The van der Waals surface area contributed by atoms with Crippen LogP contribution in [0.2, 0.25) is 0 Å². The first-order valence-electron chi connectivity index (χ1n) is 8.52. The van der Waals surface area contributed by atoms with Crippen molar-refractivity contribution >= 4 is 0 Å². The number of β-amino-alcohol motifs (C(OH)–C–C–N with tert-alkyl or cyclic N) is 1. The van der Waals surface area contributed by atoms with Gasteiger partial charge in [0.15, 0.2) is 0 Å². The van der Waals surface area contributed by atoms with Gasteiger partial charge in [0.25, 0.3) is 0 Å². The Hall–Kier alpha value is -2.26. The molecular formula is C20H22FN3O. The fourth-order valence-corrected chi connectivity index (χ4v) is 3.29. The van der Waals surface area contributed by atoms with E-state index in [4.69, 9.17) is 0 Å². The Morgan fingerprint density at radius 3 is 2.28 bits per heavy atom. The van der Waals surface area contributed by atoms with E-state index < -0.39 is 6.10 Å². The average molecular weight is 339 g/mol. The number of aliphatic hydroxyl groups excluding tert-OH is 1. The number of rotatable bonds is 5. The molecule has 2 unspecified atom stereocenters. The van der Waals surface area contributed by atoms with Crippen LogP contribution in [-0.4, -0.2) is 47.6 Å². The quantitative estimate of drug-likeness (QED) is 0.910. The number of piperazine rings is 1. The third kappa shape index (κ3) is 4.23. The van der Waals surface area contributed by atoms with Gasteiger partial charge in [0.1, 0.15) is 11.9 Å². The van der Waals surface area contributed by atoms with E-state index >= 15 is 0 Å². The number of hydrogen-bond acceptors (Lipinski definition) is 4. The molecule has 130 valence electrons. The zero-order chi connectivity index (χ0) is 17.6. The zero-order valence-electron chi connectivity index (χ0n) is 14.1. The van der Waals surface area contributed by atoms with Crippen molar-refractivity contribution in [3.05, 3.63) is 71.5 Å². The average Bonchev–Trinajstić information content (AvgIpc) is 2.65. The van der Waals surface area contributed by atoms with Crippen molar-refractivity contribution < 1.29 is 9.50 Å². The van der Waals surface area contributed by atoms with Crippen molar-refractivity contribution in [1.82, 2.24) is 9.80 Å². The number of benzene rings is 2. The summed E-state index contributed by atoms with van der Waals surface area (Å²) in [5.41, 5.74) is 1.34. The molecule has 0 amide bonds. The van der Waals surface area contributed by atoms with E-state index in [9.17, 15) is 14.8 Å². The molecule has 25 heavy (non-hydrogen) atoms. The van der Waals surface area contributed by atoms with Crippen molar-refractivity contribution in [2.24, 2.45) is 0 Å². The van der Waals surface area contributed by atoms with Crippen LogP contribution in [-0.2, 0) is 0 Å². The molecule has 2 aromatic rings. The SMILES string of the molecule is N#CC(c1ccccc1)N1CCN(CC(O)c2ccccc2F)CC1. The Bertz CT molecular complexity index is 723. The molecule has 1 heterocycles. The van der Waals surface area contributed by atoms with E-state index in [0.29, 0.717) is 12.1 Å². The van der Waals surface area contributed by atoms with Crippen LogP contribution in [0.5, 0.6) is 0 Å². The summed E-state index contributed by atoms with van der Waals surface area (Å²) in [5.74, 6) is -0.373. The maximum Gasteiger partial charge on any atom is 0.129 e. The van der Waals surface area contributed by atoms with Crippen LogP contribution >= 0.6 is 0 Å². The molecule has 5 heteroatoms. The topological polar surface area (TPSA) is 50.5 Å². The molecule has 1 fully saturated rings. The minimum atomic E-state index is -0.839. The van der Waals surface area contributed by atoms with Crippen LogP contribution in [0.4, 0.5) is 4.39 Å². The van der Waals surface area contributed by atoms with Gasteiger partial charge in [-0.1, -0.05) is 48.5 Å². The minimum absolute atomic E-state index is 0.250. The van der Waals surface area contributed by atoms with Crippen molar-refractivity contribution in [2.75, 3.05) is 32.7 Å². The van der Waals surface area contributed by atoms with Gasteiger partial charge in [-0.15, -0.1) is 0 Å².